The van der Waals surface area contributed by atoms with Gasteiger partial charge in [-0.3, -0.25) is 0 Å². The molecule has 1 aliphatic rings. The number of ether oxygens (including phenoxy) is 1. The highest BCUT2D eigenvalue weighted by Crippen LogP contribution is 2.25. The van der Waals surface area contributed by atoms with Gasteiger partial charge in [0.1, 0.15) is 0 Å². The van der Waals surface area contributed by atoms with Crippen LogP contribution in [0.1, 0.15) is 55.3 Å². The van der Waals surface area contributed by atoms with E-state index in [0.29, 0.717) is 0 Å². The van der Waals surface area contributed by atoms with Gasteiger partial charge in [0, 0.05) is 6.04 Å². The van der Waals surface area contributed by atoms with Crippen molar-refractivity contribution in [2.75, 3.05) is 0 Å². The van der Waals surface area contributed by atoms with E-state index >= 15 is 0 Å². The average molecular weight is 219 g/mol. The van der Waals surface area contributed by atoms with E-state index in [9.17, 15) is 0 Å². The van der Waals surface area contributed by atoms with Crippen molar-refractivity contribution < 1.29 is 4.74 Å². The third-order valence-electron chi connectivity index (χ3n) is 3.29. The molecule has 2 rings (SSSR count). The molecule has 0 radical (unpaired) electrons. The van der Waals surface area contributed by atoms with E-state index in [1.54, 1.807) is 0 Å². The Bertz CT molecular complexity index is 349. The summed E-state index contributed by atoms with van der Waals surface area (Å²) in [5.41, 5.74) is 10.1. The van der Waals surface area contributed by atoms with Crippen LogP contribution in [0.5, 0.6) is 0 Å². The first-order valence-corrected chi connectivity index (χ1v) is 6.26. The van der Waals surface area contributed by atoms with Gasteiger partial charge in [-0.05, 0) is 23.1 Å². The maximum Gasteiger partial charge on any atom is 0.0725 e. The fraction of sp³-hybridized carbons (Fsp3) is 0.571. The van der Waals surface area contributed by atoms with E-state index < -0.39 is 0 Å². The summed E-state index contributed by atoms with van der Waals surface area (Å²) < 4.78 is 5.41. The average Bonchev–Trinajstić information content (AvgIpc) is 2.76. The number of rotatable bonds is 5. The predicted molar refractivity (Wildman–Crippen MR) is 66.0 cm³/mol. The minimum Gasteiger partial charge on any atom is -0.372 e. The Kier molecular flexibility index (Phi) is 3.97. The van der Waals surface area contributed by atoms with Crippen LogP contribution < -0.4 is 5.73 Å². The van der Waals surface area contributed by atoms with Gasteiger partial charge in [-0.1, -0.05) is 44.4 Å². The second kappa shape index (κ2) is 5.46. The van der Waals surface area contributed by atoms with Gasteiger partial charge in [0.15, 0.2) is 0 Å². The molecule has 0 saturated heterocycles. The van der Waals surface area contributed by atoms with Crippen molar-refractivity contribution in [3.05, 3.63) is 34.9 Å². The van der Waals surface area contributed by atoms with Crippen LogP contribution in [0.4, 0.5) is 0 Å². The molecular weight excluding hydrogens is 198 g/mol. The molecule has 1 aromatic rings. The summed E-state index contributed by atoms with van der Waals surface area (Å²) >= 11 is 0. The van der Waals surface area contributed by atoms with Crippen LogP contribution >= 0.6 is 0 Å². The molecule has 1 unspecified atom stereocenters. The molecule has 0 aromatic heterocycles. The summed E-state index contributed by atoms with van der Waals surface area (Å²) in [6.07, 6.45) is 4.85. The lowest BCUT2D eigenvalue weighted by molar-refractivity contribution is 0.134. The van der Waals surface area contributed by atoms with Crippen LogP contribution in [-0.2, 0) is 18.0 Å². The third-order valence-corrected chi connectivity index (χ3v) is 3.29. The summed E-state index contributed by atoms with van der Waals surface area (Å²) in [5, 5.41) is 0. The normalized spacial score (nSPS) is 16.1. The van der Waals surface area contributed by atoms with Crippen LogP contribution in [0.15, 0.2) is 18.2 Å². The van der Waals surface area contributed by atoms with E-state index in [4.69, 9.17) is 10.5 Å². The maximum atomic E-state index is 6.19. The van der Waals surface area contributed by atoms with Crippen LogP contribution in [0, 0.1) is 0 Å². The number of benzene rings is 1. The summed E-state index contributed by atoms with van der Waals surface area (Å²) in [6, 6.07) is 6.73. The Morgan fingerprint density at radius 1 is 1.25 bits per heavy atom. The predicted octanol–water partition coefficient (Wildman–Crippen LogP) is 3.30. The minimum absolute atomic E-state index is 0.192. The largest absolute Gasteiger partial charge is 0.372 e. The summed E-state index contributed by atoms with van der Waals surface area (Å²) in [7, 11) is 0. The smallest absolute Gasteiger partial charge is 0.0725 e. The van der Waals surface area contributed by atoms with Crippen molar-refractivity contribution in [3.63, 3.8) is 0 Å². The lowest BCUT2D eigenvalue weighted by atomic mass is 9.98. The van der Waals surface area contributed by atoms with Gasteiger partial charge in [0.25, 0.3) is 0 Å². The third kappa shape index (κ3) is 2.63. The molecule has 0 spiro atoms. The van der Waals surface area contributed by atoms with Crippen molar-refractivity contribution in [1.29, 1.82) is 0 Å². The SMILES string of the molecule is CCCCCC(N)c1ccc2c(c1)COC2. The molecule has 1 heterocycles. The Labute approximate surface area is 97.8 Å². The molecule has 1 aromatic carbocycles. The number of nitrogens with two attached hydrogens (primary N) is 1. The summed E-state index contributed by atoms with van der Waals surface area (Å²) in [4.78, 5) is 0. The van der Waals surface area contributed by atoms with Gasteiger partial charge < -0.3 is 10.5 Å². The zero-order valence-corrected chi connectivity index (χ0v) is 10.0. The maximum absolute atomic E-state index is 6.19. The van der Waals surface area contributed by atoms with Gasteiger partial charge in [-0.15, -0.1) is 0 Å². The van der Waals surface area contributed by atoms with Crippen LogP contribution in [-0.4, -0.2) is 0 Å². The first kappa shape index (κ1) is 11.6. The molecule has 1 aliphatic heterocycles. The van der Waals surface area contributed by atoms with Gasteiger partial charge >= 0.3 is 0 Å². The van der Waals surface area contributed by atoms with Crippen molar-refractivity contribution in [1.82, 2.24) is 0 Å². The molecule has 2 heteroatoms. The molecule has 2 N–H and O–H groups in total. The van der Waals surface area contributed by atoms with Gasteiger partial charge in [-0.25, -0.2) is 0 Å². The first-order valence-electron chi connectivity index (χ1n) is 6.26. The lowest BCUT2D eigenvalue weighted by Crippen LogP contribution is -2.10. The summed E-state index contributed by atoms with van der Waals surface area (Å²) in [6.45, 7) is 3.74. The highest BCUT2D eigenvalue weighted by Gasteiger charge is 2.13. The molecule has 0 fully saturated rings. The number of unbranched alkanes of at least 4 members (excludes halogenated alkanes) is 2. The standard InChI is InChI=1S/C14H21NO/c1-2-3-4-5-14(15)11-6-7-12-9-16-10-13(12)8-11/h6-8,14H,2-5,9-10,15H2,1H3. The Morgan fingerprint density at radius 2 is 2.06 bits per heavy atom. The molecule has 16 heavy (non-hydrogen) atoms. The zero-order valence-electron chi connectivity index (χ0n) is 10.0. The van der Waals surface area contributed by atoms with E-state index in [1.165, 1.54) is 36.0 Å². The minimum atomic E-state index is 0.192. The highest BCUT2D eigenvalue weighted by atomic mass is 16.5. The van der Waals surface area contributed by atoms with E-state index in [-0.39, 0.29) is 6.04 Å². The van der Waals surface area contributed by atoms with Crippen LogP contribution in [0.25, 0.3) is 0 Å². The van der Waals surface area contributed by atoms with E-state index in [2.05, 4.69) is 25.1 Å². The molecule has 0 bridgehead atoms. The van der Waals surface area contributed by atoms with Crippen molar-refractivity contribution in [3.8, 4) is 0 Å². The molecule has 0 amide bonds. The fourth-order valence-corrected chi connectivity index (χ4v) is 2.20. The molecule has 0 aliphatic carbocycles. The highest BCUT2D eigenvalue weighted by molar-refractivity contribution is 5.34. The number of fused-ring (bicyclic) bond motifs is 1. The van der Waals surface area contributed by atoms with Gasteiger partial charge in [-0.2, -0.15) is 0 Å². The molecule has 2 nitrogen and oxygen atoms in total. The fourth-order valence-electron chi connectivity index (χ4n) is 2.20. The van der Waals surface area contributed by atoms with Crippen LogP contribution in [0.3, 0.4) is 0 Å². The quantitative estimate of drug-likeness (QED) is 0.771. The number of hydrogen-bond donors (Lipinski definition) is 1. The molecule has 0 saturated carbocycles. The lowest BCUT2D eigenvalue weighted by Gasteiger charge is -2.12. The van der Waals surface area contributed by atoms with Crippen molar-refractivity contribution in [2.24, 2.45) is 5.73 Å². The Balaban J connectivity index is 1.98. The second-order valence-corrected chi connectivity index (χ2v) is 4.62. The van der Waals surface area contributed by atoms with Crippen molar-refractivity contribution >= 4 is 0 Å². The molecular formula is C14H21NO. The first-order chi connectivity index (χ1) is 7.81. The van der Waals surface area contributed by atoms with Crippen molar-refractivity contribution in [2.45, 2.75) is 51.9 Å². The Morgan fingerprint density at radius 3 is 2.88 bits per heavy atom. The zero-order chi connectivity index (χ0) is 11.4. The van der Waals surface area contributed by atoms with Gasteiger partial charge in [0.05, 0.1) is 13.2 Å². The molecule has 1 atom stereocenters. The van der Waals surface area contributed by atoms with Gasteiger partial charge in [0.2, 0.25) is 0 Å². The van der Waals surface area contributed by atoms with E-state index in [0.717, 1.165) is 19.6 Å². The monoisotopic (exact) mass is 219 g/mol. The Hall–Kier alpha value is -0.860. The molecule has 88 valence electrons. The second-order valence-electron chi connectivity index (χ2n) is 4.62. The van der Waals surface area contributed by atoms with Crippen LogP contribution in [0.2, 0.25) is 0 Å². The van der Waals surface area contributed by atoms with E-state index in [1.807, 2.05) is 0 Å². The topological polar surface area (TPSA) is 35.2 Å². The summed E-state index contributed by atoms with van der Waals surface area (Å²) in [5.74, 6) is 0. The number of hydrogen-bond acceptors (Lipinski definition) is 2.